The number of thioether (sulfide) groups is 1. The Hall–Kier alpha value is -0.840. The lowest BCUT2D eigenvalue weighted by Crippen LogP contribution is -2.12. The van der Waals surface area contributed by atoms with E-state index in [1.165, 1.54) is 11.1 Å². The van der Waals surface area contributed by atoms with Gasteiger partial charge in [0.25, 0.3) is 0 Å². The minimum atomic E-state index is 0.0652. The number of benzene rings is 1. The average molecular weight is 292 g/mol. The molecule has 0 saturated carbocycles. The maximum Gasteiger partial charge on any atom is 0.150 e. The summed E-state index contributed by atoms with van der Waals surface area (Å²) in [6, 6.07) is 8.72. The van der Waals surface area contributed by atoms with Gasteiger partial charge in [-0.15, -0.1) is 11.3 Å². The summed E-state index contributed by atoms with van der Waals surface area (Å²) in [6.45, 7) is 6.43. The molecule has 2 aromatic rings. The van der Waals surface area contributed by atoms with Gasteiger partial charge in [-0.2, -0.15) is 0 Å². The maximum absolute atomic E-state index is 6.23. The van der Waals surface area contributed by atoms with Crippen molar-refractivity contribution in [1.82, 2.24) is 4.98 Å². The molecule has 1 unspecified atom stereocenters. The predicted octanol–water partition coefficient (Wildman–Crippen LogP) is 4.37. The van der Waals surface area contributed by atoms with Gasteiger partial charge in [-0.05, 0) is 24.0 Å². The number of rotatable bonds is 5. The van der Waals surface area contributed by atoms with E-state index in [0.29, 0.717) is 5.92 Å². The Labute approximate surface area is 123 Å². The van der Waals surface area contributed by atoms with Gasteiger partial charge in [0.1, 0.15) is 4.34 Å². The Balaban J connectivity index is 1.94. The molecule has 1 atom stereocenters. The van der Waals surface area contributed by atoms with Gasteiger partial charge in [0.2, 0.25) is 0 Å². The number of thiazole rings is 1. The highest BCUT2D eigenvalue weighted by Gasteiger charge is 2.09. The van der Waals surface area contributed by atoms with Crippen molar-refractivity contribution in [3.05, 3.63) is 46.5 Å². The number of hydrogen-bond donors (Lipinski definition) is 1. The molecule has 0 saturated heterocycles. The number of aromatic nitrogens is 1. The Morgan fingerprint density at radius 2 is 1.84 bits per heavy atom. The Morgan fingerprint density at radius 1 is 1.21 bits per heavy atom. The van der Waals surface area contributed by atoms with Gasteiger partial charge in [-0.1, -0.05) is 49.9 Å². The molecule has 2 N–H and O–H groups in total. The second-order valence-electron chi connectivity index (χ2n) is 4.99. The molecule has 1 heterocycles. The normalized spacial score (nSPS) is 12.9. The van der Waals surface area contributed by atoms with E-state index in [1.807, 2.05) is 6.92 Å². The molecule has 1 aromatic carbocycles. The summed E-state index contributed by atoms with van der Waals surface area (Å²) < 4.78 is 1.10. The molecule has 0 aliphatic carbocycles. The predicted molar refractivity (Wildman–Crippen MR) is 85.0 cm³/mol. The first-order valence-corrected chi connectivity index (χ1v) is 8.33. The highest BCUT2D eigenvalue weighted by atomic mass is 32.2. The van der Waals surface area contributed by atoms with E-state index in [1.54, 1.807) is 23.1 Å². The molecule has 0 bridgehead atoms. The average Bonchev–Trinajstić information content (AvgIpc) is 2.82. The summed E-state index contributed by atoms with van der Waals surface area (Å²) in [5, 5.41) is 2.07. The summed E-state index contributed by atoms with van der Waals surface area (Å²) in [7, 11) is 0. The van der Waals surface area contributed by atoms with Crippen molar-refractivity contribution in [3.63, 3.8) is 0 Å². The molecule has 4 heteroatoms. The van der Waals surface area contributed by atoms with Crippen molar-refractivity contribution in [1.29, 1.82) is 0 Å². The Kier molecular flexibility index (Phi) is 5.02. The van der Waals surface area contributed by atoms with Gasteiger partial charge in [-0.3, -0.25) is 0 Å². The first-order valence-electron chi connectivity index (χ1n) is 6.46. The second-order valence-corrected chi connectivity index (χ2v) is 7.12. The van der Waals surface area contributed by atoms with Gasteiger partial charge in [0, 0.05) is 22.9 Å². The number of nitrogens with two attached hydrogens (primary N) is 1. The summed E-state index contributed by atoms with van der Waals surface area (Å²) >= 11 is 3.43. The first-order chi connectivity index (χ1) is 9.06. The minimum absolute atomic E-state index is 0.0652. The van der Waals surface area contributed by atoms with Gasteiger partial charge >= 0.3 is 0 Å². The summed E-state index contributed by atoms with van der Waals surface area (Å²) in [5.74, 6) is 1.44. The second kappa shape index (κ2) is 6.55. The molecule has 0 amide bonds. The lowest BCUT2D eigenvalue weighted by atomic mass is 10.00. The van der Waals surface area contributed by atoms with Crippen LogP contribution >= 0.6 is 23.1 Å². The summed E-state index contributed by atoms with van der Waals surface area (Å²) in [5.41, 5.74) is 9.88. The Bertz CT molecular complexity index is 517. The van der Waals surface area contributed by atoms with Crippen molar-refractivity contribution in [2.45, 2.75) is 37.1 Å². The summed E-state index contributed by atoms with van der Waals surface area (Å²) in [6.07, 6.45) is 0. The SMILES string of the molecule is Cc1csc(SCC(N)c2ccc(C(C)C)cc2)n1. The number of nitrogens with zero attached hydrogens (tertiary/aromatic N) is 1. The fourth-order valence-corrected chi connectivity index (χ4v) is 3.65. The standard InChI is InChI=1S/C15H20N2S2/c1-10(2)12-4-6-13(7-5-12)14(16)9-19-15-17-11(3)8-18-15/h4-8,10,14H,9,16H2,1-3H3. The Morgan fingerprint density at radius 3 is 2.37 bits per heavy atom. The van der Waals surface area contributed by atoms with E-state index in [0.717, 1.165) is 15.8 Å². The topological polar surface area (TPSA) is 38.9 Å². The molecule has 0 aliphatic heterocycles. The third-order valence-electron chi connectivity index (χ3n) is 3.02. The molecule has 2 rings (SSSR count). The molecular formula is C15H20N2S2. The highest BCUT2D eigenvalue weighted by molar-refractivity contribution is 8.01. The van der Waals surface area contributed by atoms with Crippen LogP contribution in [0.25, 0.3) is 0 Å². The molecule has 0 fully saturated rings. The van der Waals surface area contributed by atoms with E-state index in [9.17, 15) is 0 Å². The van der Waals surface area contributed by atoms with Crippen molar-refractivity contribution in [3.8, 4) is 0 Å². The molecule has 1 aromatic heterocycles. The molecule has 0 radical (unpaired) electrons. The molecule has 102 valence electrons. The minimum Gasteiger partial charge on any atom is -0.323 e. The zero-order chi connectivity index (χ0) is 13.8. The summed E-state index contributed by atoms with van der Waals surface area (Å²) in [4.78, 5) is 4.44. The van der Waals surface area contributed by atoms with Crippen LogP contribution in [0.15, 0.2) is 34.0 Å². The molecule has 0 aliphatic rings. The van der Waals surface area contributed by atoms with Crippen LogP contribution in [0, 0.1) is 6.92 Å². The van der Waals surface area contributed by atoms with Crippen LogP contribution in [0.3, 0.4) is 0 Å². The highest BCUT2D eigenvalue weighted by Crippen LogP contribution is 2.26. The van der Waals surface area contributed by atoms with Crippen LogP contribution in [-0.4, -0.2) is 10.7 Å². The van der Waals surface area contributed by atoms with Crippen LogP contribution in [0.4, 0.5) is 0 Å². The van der Waals surface area contributed by atoms with Crippen molar-refractivity contribution < 1.29 is 0 Å². The fraction of sp³-hybridized carbons (Fsp3) is 0.400. The molecule has 2 nitrogen and oxygen atoms in total. The fourth-order valence-electron chi connectivity index (χ4n) is 1.78. The maximum atomic E-state index is 6.23. The van der Waals surface area contributed by atoms with E-state index in [-0.39, 0.29) is 6.04 Å². The van der Waals surface area contributed by atoms with Gasteiger partial charge in [0.05, 0.1) is 0 Å². The van der Waals surface area contributed by atoms with Crippen LogP contribution in [0.2, 0.25) is 0 Å². The van der Waals surface area contributed by atoms with E-state index >= 15 is 0 Å². The van der Waals surface area contributed by atoms with Crippen LogP contribution < -0.4 is 5.73 Å². The lowest BCUT2D eigenvalue weighted by molar-refractivity contribution is 0.821. The smallest absolute Gasteiger partial charge is 0.150 e. The molecule has 19 heavy (non-hydrogen) atoms. The zero-order valence-corrected chi connectivity index (χ0v) is 13.2. The molecular weight excluding hydrogens is 272 g/mol. The largest absolute Gasteiger partial charge is 0.323 e. The van der Waals surface area contributed by atoms with E-state index < -0.39 is 0 Å². The third kappa shape index (κ3) is 4.06. The van der Waals surface area contributed by atoms with Crippen LogP contribution in [-0.2, 0) is 0 Å². The van der Waals surface area contributed by atoms with Gasteiger partial charge in [0.15, 0.2) is 0 Å². The van der Waals surface area contributed by atoms with Crippen molar-refractivity contribution in [2.24, 2.45) is 5.73 Å². The van der Waals surface area contributed by atoms with Gasteiger partial charge < -0.3 is 5.73 Å². The first kappa shape index (κ1) is 14.6. The number of hydrogen-bond acceptors (Lipinski definition) is 4. The third-order valence-corrected chi connectivity index (χ3v) is 5.27. The van der Waals surface area contributed by atoms with Gasteiger partial charge in [-0.25, -0.2) is 4.98 Å². The van der Waals surface area contributed by atoms with Crippen LogP contribution in [0.1, 0.15) is 42.6 Å². The van der Waals surface area contributed by atoms with E-state index in [4.69, 9.17) is 5.73 Å². The van der Waals surface area contributed by atoms with Crippen molar-refractivity contribution in [2.75, 3.05) is 5.75 Å². The quantitative estimate of drug-likeness (QED) is 0.832. The molecule has 0 spiro atoms. The van der Waals surface area contributed by atoms with Crippen LogP contribution in [0.5, 0.6) is 0 Å². The lowest BCUT2D eigenvalue weighted by Gasteiger charge is -2.12. The van der Waals surface area contributed by atoms with E-state index in [2.05, 4.69) is 48.5 Å². The zero-order valence-electron chi connectivity index (χ0n) is 11.6. The number of aryl methyl sites for hydroxylation is 1. The monoisotopic (exact) mass is 292 g/mol. The van der Waals surface area contributed by atoms with Crippen molar-refractivity contribution >= 4 is 23.1 Å².